The number of hydrogen-bond donors (Lipinski definition) is 0. The number of nitrogens with zero attached hydrogens (tertiary/aromatic N) is 5. The smallest absolute Gasteiger partial charge is 0.223 e. The Kier molecular flexibility index (Phi) is 6.45. The number of oxazole rings is 1. The Labute approximate surface area is 181 Å². The lowest BCUT2D eigenvalue weighted by molar-refractivity contribution is -0.131. The van der Waals surface area contributed by atoms with Gasteiger partial charge in [-0.05, 0) is 49.7 Å². The Morgan fingerprint density at radius 2 is 1.90 bits per heavy atom. The molecule has 1 amide bonds. The molecule has 1 saturated heterocycles. The predicted molar refractivity (Wildman–Crippen MR) is 117 cm³/mol. The van der Waals surface area contributed by atoms with Crippen LogP contribution < -0.4 is 9.64 Å². The summed E-state index contributed by atoms with van der Waals surface area (Å²) in [4.78, 5) is 21.2. The van der Waals surface area contributed by atoms with Crippen LogP contribution in [0.5, 0.6) is 5.75 Å². The van der Waals surface area contributed by atoms with E-state index >= 15 is 0 Å². The van der Waals surface area contributed by atoms with E-state index in [0.29, 0.717) is 31.0 Å². The fraction of sp³-hybridized carbons (Fsp3) is 0.391. The molecule has 0 saturated carbocycles. The Morgan fingerprint density at radius 3 is 2.65 bits per heavy atom. The zero-order valence-corrected chi connectivity index (χ0v) is 18.0. The minimum atomic E-state index is 0.126. The van der Waals surface area contributed by atoms with Gasteiger partial charge in [0.25, 0.3) is 0 Å². The van der Waals surface area contributed by atoms with E-state index in [2.05, 4.69) is 20.1 Å². The second-order valence-electron chi connectivity index (χ2n) is 7.60. The third kappa shape index (κ3) is 5.20. The van der Waals surface area contributed by atoms with Crippen LogP contribution in [0.15, 0.2) is 47.0 Å². The van der Waals surface area contributed by atoms with E-state index in [1.54, 1.807) is 13.3 Å². The van der Waals surface area contributed by atoms with Gasteiger partial charge in [-0.2, -0.15) is 5.10 Å². The monoisotopic (exact) mass is 421 g/mol. The van der Waals surface area contributed by atoms with E-state index in [0.717, 1.165) is 48.9 Å². The van der Waals surface area contributed by atoms with Crippen molar-refractivity contribution in [3.8, 4) is 17.1 Å². The Morgan fingerprint density at radius 1 is 1.06 bits per heavy atom. The lowest BCUT2D eigenvalue weighted by Gasteiger charge is -2.22. The molecule has 0 unspecified atom stereocenters. The molecule has 1 fully saturated rings. The van der Waals surface area contributed by atoms with Crippen LogP contribution >= 0.6 is 0 Å². The third-order valence-corrected chi connectivity index (χ3v) is 5.44. The van der Waals surface area contributed by atoms with Crippen molar-refractivity contribution in [2.75, 3.05) is 38.2 Å². The van der Waals surface area contributed by atoms with Gasteiger partial charge in [0.05, 0.1) is 19.0 Å². The van der Waals surface area contributed by atoms with Gasteiger partial charge in [-0.1, -0.05) is 0 Å². The second kappa shape index (κ2) is 9.59. The number of anilines is 1. The molecule has 0 spiro atoms. The Balaban J connectivity index is 1.29. The fourth-order valence-corrected chi connectivity index (χ4v) is 3.64. The van der Waals surface area contributed by atoms with E-state index in [-0.39, 0.29) is 5.91 Å². The summed E-state index contributed by atoms with van der Waals surface area (Å²) < 4.78 is 11.0. The minimum Gasteiger partial charge on any atom is -0.497 e. The Bertz CT molecular complexity index is 1000. The SMILES string of the molecule is COc1ccc(-c2cnc(CCC(=O)N3CCCN(c4ccc(C)nn4)CC3)o2)cc1. The number of aryl methyl sites for hydroxylation is 2. The van der Waals surface area contributed by atoms with Gasteiger partial charge in [0.1, 0.15) is 5.75 Å². The molecular weight excluding hydrogens is 394 g/mol. The molecule has 0 atom stereocenters. The van der Waals surface area contributed by atoms with Crippen LogP contribution in [0, 0.1) is 6.92 Å². The van der Waals surface area contributed by atoms with Gasteiger partial charge in [-0.15, -0.1) is 5.10 Å². The lowest BCUT2D eigenvalue weighted by Crippen LogP contribution is -2.35. The largest absolute Gasteiger partial charge is 0.497 e. The van der Waals surface area contributed by atoms with E-state index in [4.69, 9.17) is 9.15 Å². The Hall–Kier alpha value is -3.42. The molecule has 1 aliphatic heterocycles. The van der Waals surface area contributed by atoms with Gasteiger partial charge in [0.15, 0.2) is 17.5 Å². The average Bonchev–Trinajstić information content (AvgIpc) is 3.14. The molecule has 1 aliphatic rings. The fourth-order valence-electron chi connectivity index (χ4n) is 3.64. The first-order valence-electron chi connectivity index (χ1n) is 10.5. The number of aromatic nitrogens is 3. The number of hydrogen-bond acceptors (Lipinski definition) is 7. The topological polar surface area (TPSA) is 84.6 Å². The van der Waals surface area contributed by atoms with Crippen LogP contribution in [0.2, 0.25) is 0 Å². The highest BCUT2D eigenvalue weighted by molar-refractivity contribution is 5.76. The first kappa shape index (κ1) is 20.8. The van der Waals surface area contributed by atoms with Crippen molar-refractivity contribution in [2.45, 2.75) is 26.2 Å². The summed E-state index contributed by atoms with van der Waals surface area (Å²) in [6.07, 6.45) is 3.47. The molecule has 0 bridgehead atoms. The van der Waals surface area contributed by atoms with Gasteiger partial charge < -0.3 is 19.0 Å². The number of carbonyl (C=O) groups excluding carboxylic acids is 1. The summed E-state index contributed by atoms with van der Waals surface area (Å²) in [5, 5.41) is 8.41. The third-order valence-electron chi connectivity index (χ3n) is 5.44. The molecule has 4 rings (SSSR count). The highest BCUT2D eigenvalue weighted by Gasteiger charge is 2.20. The maximum atomic E-state index is 12.8. The number of amides is 1. The van der Waals surface area contributed by atoms with Crippen LogP contribution in [-0.4, -0.2) is 59.3 Å². The van der Waals surface area contributed by atoms with E-state index in [1.807, 2.05) is 48.2 Å². The standard InChI is InChI=1S/C23H27N5O3/c1-17-4-9-21(26-25-17)27-12-3-13-28(15-14-27)23(29)11-10-22-24-16-20(31-22)18-5-7-19(30-2)8-6-18/h4-9,16H,3,10-15H2,1-2H3. The summed E-state index contributed by atoms with van der Waals surface area (Å²) in [7, 11) is 1.64. The molecule has 31 heavy (non-hydrogen) atoms. The summed E-state index contributed by atoms with van der Waals surface area (Å²) in [6, 6.07) is 11.6. The zero-order valence-electron chi connectivity index (χ0n) is 18.0. The van der Waals surface area contributed by atoms with Crippen molar-refractivity contribution >= 4 is 11.7 Å². The van der Waals surface area contributed by atoms with Crippen LogP contribution in [-0.2, 0) is 11.2 Å². The molecule has 0 N–H and O–H groups in total. The summed E-state index contributed by atoms with van der Waals surface area (Å²) in [5.41, 5.74) is 1.83. The molecule has 2 aromatic heterocycles. The first-order chi connectivity index (χ1) is 15.1. The van der Waals surface area contributed by atoms with Crippen molar-refractivity contribution in [2.24, 2.45) is 0 Å². The zero-order chi connectivity index (χ0) is 21.6. The minimum absolute atomic E-state index is 0.126. The van der Waals surface area contributed by atoms with E-state index in [9.17, 15) is 4.79 Å². The molecule has 1 aromatic carbocycles. The van der Waals surface area contributed by atoms with E-state index < -0.39 is 0 Å². The summed E-state index contributed by atoms with van der Waals surface area (Å²) >= 11 is 0. The van der Waals surface area contributed by atoms with Crippen LogP contribution in [0.4, 0.5) is 5.82 Å². The van der Waals surface area contributed by atoms with Crippen LogP contribution in [0.25, 0.3) is 11.3 Å². The predicted octanol–water partition coefficient (Wildman–Crippen LogP) is 3.12. The van der Waals surface area contributed by atoms with Crippen LogP contribution in [0.3, 0.4) is 0 Å². The normalized spacial score (nSPS) is 14.4. The van der Waals surface area contributed by atoms with Crippen molar-refractivity contribution in [3.05, 3.63) is 54.2 Å². The number of rotatable bonds is 6. The lowest BCUT2D eigenvalue weighted by atomic mass is 10.2. The van der Waals surface area contributed by atoms with Crippen molar-refractivity contribution in [1.29, 1.82) is 0 Å². The molecule has 0 radical (unpaired) electrons. The highest BCUT2D eigenvalue weighted by Crippen LogP contribution is 2.23. The number of ether oxygens (including phenoxy) is 1. The highest BCUT2D eigenvalue weighted by atomic mass is 16.5. The van der Waals surface area contributed by atoms with Crippen molar-refractivity contribution < 1.29 is 13.9 Å². The molecular formula is C23H27N5O3. The summed E-state index contributed by atoms with van der Waals surface area (Å²) in [6.45, 7) is 4.97. The number of carbonyl (C=O) groups is 1. The van der Waals surface area contributed by atoms with Gasteiger partial charge in [0, 0.05) is 44.6 Å². The van der Waals surface area contributed by atoms with Gasteiger partial charge in [-0.25, -0.2) is 4.98 Å². The van der Waals surface area contributed by atoms with Crippen LogP contribution in [0.1, 0.15) is 24.4 Å². The maximum absolute atomic E-state index is 12.8. The molecule has 8 heteroatoms. The van der Waals surface area contributed by atoms with Crippen molar-refractivity contribution in [3.63, 3.8) is 0 Å². The number of methoxy groups -OCH3 is 1. The average molecular weight is 422 g/mol. The molecule has 8 nitrogen and oxygen atoms in total. The first-order valence-corrected chi connectivity index (χ1v) is 10.5. The molecule has 3 heterocycles. The molecule has 0 aliphatic carbocycles. The van der Waals surface area contributed by atoms with Gasteiger partial charge in [-0.3, -0.25) is 4.79 Å². The molecule has 162 valence electrons. The molecule has 3 aromatic rings. The maximum Gasteiger partial charge on any atom is 0.223 e. The van der Waals surface area contributed by atoms with E-state index in [1.165, 1.54) is 0 Å². The van der Waals surface area contributed by atoms with Gasteiger partial charge >= 0.3 is 0 Å². The van der Waals surface area contributed by atoms with Crippen molar-refractivity contribution in [1.82, 2.24) is 20.1 Å². The van der Waals surface area contributed by atoms with Gasteiger partial charge in [0.2, 0.25) is 5.91 Å². The quantitative estimate of drug-likeness (QED) is 0.604. The number of benzene rings is 1. The second-order valence-corrected chi connectivity index (χ2v) is 7.60. The summed E-state index contributed by atoms with van der Waals surface area (Å²) in [5.74, 6) is 3.05.